The fourth-order valence-electron chi connectivity index (χ4n) is 2.28. The van der Waals surface area contributed by atoms with Gasteiger partial charge in [0.15, 0.2) is 6.61 Å². The minimum atomic E-state index is -0.652. The standard InChI is InChI=1S/C21H22N2O6/c1-2-28-21(27)15-8-10-17(11-9-15)23-19(25)14-29-20(26)13-12-18(24)22-16-6-4-3-5-7-16/h3-11H,2,12-14H2,1H3,(H,22,24)(H,23,25). The van der Waals surface area contributed by atoms with E-state index < -0.39 is 24.5 Å². The van der Waals surface area contributed by atoms with E-state index >= 15 is 0 Å². The predicted octanol–water partition coefficient (Wildman–Crippen LogP) is 2.76. The molecule has 0 aliphatic rings. The third-order valence-corrected chi connectivity index (χ3v) is 3.66. The van der Waals surface area contributed by atoms with E-state index in [-0.39, 0.29) is 25.4 Å². The highest BCUT2D eigenvalue weighted by atomic mass is 16.5. The summed E-state index contributed by atoms with van der Waals surface area (Å²) in [7, 11) is 0. The average molecular weight is 398 g/mol. The van der Waals surface area contributed by atoms with Crippen molar-refractivity contribution in [3.63, 3.8) is 0 Å². The molecule has 152 valence electrons. The summed E-state index contributed by atoms with van der Waals surface area (Å²) in [5.41, 5.74) is 1.45. The summed E-state index contributed by atoms with van der Waals surface area (Å²) in [4.78, 5) is 46.9. The monoisotopic (exact) mass is 398 g/mol. The van der Waals surface area contributed by atoms with E-state index in [0.717, 1.165) is 0 Å². The molecule has 0 unspecified atom stereocenters. The summed E-state index contributed by atoms with van der Waals surface area (Å²) in [5, 5.41) is 5.20. The summed E-state index contributed by atoms with van der Waals surface area (Å²) < 4.78 is 9.74. The lowest BCUT2D eigenvalue weighted by molar-refractivity contribution is -0.147. The normalized spacial score (nSPS) is 9.97. The molecular weight excluding hydrogens is 376 g/mol. The number of benzene rings is 2. The molecule has 29 heavy (non-hydrogen) atoms. The smallest absolute Gasteiger partial charge is 0.338 e. The number of carbonyl (C=O) groups excluding carboxylic acids is 4. The van der Waals surface area contributed by atoms with Gasteiger partial charge in [0.25, 0.3) is 5.91 Å². The van der Waals surface area contributed by atoms with E-state index in [4.69, 9.17) is 9.47 Å². The number of hydrogen-bond acceptors (Lipinski definition) is 6. The minimum Gasteiger partial charge on any atom is -0.462 e. The molecule has 0 aliphatic carbocycles. The van der Waals surface area contributed by atoms with E-state index in [2.05, 4.69) is 10.6 Å². The first kappa shape index (κ1) is 21.6. The van der Waals surface area contributed by atoms with Crippen molar-refractivity contribution in [2.24, 2.45) is 0 Å². The van der Waals surface area contributed by atoms with Crippen molar-refractivity contribution in [2.45, 2.75) is 19.8 Å². The number of carbonyl (C=O) groups is 4. The summed E-state index contributed by atoms with van der Waals surface area (Å²) in [6.07, 6.45) is -0.190. The molecule has 0 saturated heterocycles. The van der Waals surface area contributed by atoms with Crippen LogP contribution in [0.5, 0.6) is 0 Å². The van der Waals surface area contributed by atoms with Crippen LogP contribution in [-0.2, 0) is 23.9 Å². The molecule has 0 aliphatic heterocycles. The van der Waals surface area contributed by atoms with E-state index in [1.807, 2.05) is 6.07 Å². The fraction of sp³-hybridized carbons (Fsp3) is 0.238. The minimum absolute atomic E-state index is 0.0509. The lowest BCUT2D eigenvalue weighted by atomic mass is 10.2. The van der Waals surface area contributed by atoms with Crippen molar-refractivity contribution in [2.75, 3.05) is 23.8 Å². The van der Waals surface area contributed by atoms with Crippen LogP contribution in [0.1, 0.15) is 30.1 Å². The van der Waals surface area contributed by atoms with Crippen LogP contribution in [0.2, 0.25) is 0 Å². The van der Waals surface area contributed by atoms with Gasteiger partial charge >= 0.3 is 11.9 Å². The van der Waals surface area contributed by atoms with Gasteiger partial charge in [-0.05, 0) is 43.3 Å². The third kappa shape index (κ3) is 7.84. The van der Waals surface area contributed by atoms with E-state index in [0.29, 0.717) is 16.9 Å². The summed E-state index contributed by atoms with van der Waals surface area (Å²) in [6, 6.07) is 15.0. The Morgan fingerprint density at radius 1 is 0.759 bits per heavy atom. The van der Waals surface area contributed by atoms with Crippen molar-refractivity contribution in [3.05, 3.63) is 60.2 Å². The highest BCUT2D eigenvalue weighted by molar-refractivity contribution is 5.95. The third-order valence-electron chi connectivity index (χ3n) is 3.66. The lowest BCUT2D eigenvalue weighted by Crippen LogP contribution is -2.21. The Bertz CT molecular complexity index is 849. The zero-order valence-electron chi connectivity index (χ0n) is 16.0. The molecule has 0 fully saturated rings. The first-order valence-corrected chi connectivity index (χ1v) is 9.05. The average Bonchev–Trinajstić information content (AvgIpc) is 2.72. The van der Waals surface area contributed by atoms with Gasteiger partial charge in [0.05, 0.1) is 18.6 Å². The van der Waals surface area contributed by atoms with E-state index in [1.165, 1.54) is 12.1 Å². The van der Waals surface area contributed by atoms with Crippen molar-refractivity contribution in [1.82, 2.24) is 0 Å². The number of nitrogens with one attached hydrogen (secondary N) is 2. The maximum atomic E-state index is 11.9. The lowest BCUT2D eigenvalue weighted by Gasteiger charge is -2.08. The summed E-state index contributed by atoms with van der Waals surface area (Å²) in [5.74, 6) is -1.95. The van der Waals surface area contributed by atoms with E-state index in [9.17, 15) is 19.2 Å². The topological polar surface area (TPSA) is 111 Å². The molecule has 2 N–H and O–H groups in total. The Kier molecular flexibility index (Phi) is 8.37. The van der Waals surface area contributed by atoms with Crippen molar-refractivity contribution >= 4 is 35.1 Å². The number of anilines is 2. The SMILES string of the molecule is CCOC(=O)c1ccc(NC(=O)COC(=O)CCC(=O)Nc2ccccc2)cc1. The fourth-order valence-corrected chi connectivity index (χ4v) is 2.28. The van der Waals surface area contributed by atoms with Crippen LogP contribution in [0.4, 0.5) is 11.4 Å². The number of hydrogen-bond donors (Lipinski definition) is 2. The molecule has 8 heteroatoms. The number of rotatable bonds is 9. The summed E-state index contributed by atoms with van der Waals surface area (Å²) in [6.45, 7) is 1.51. The van der Waals surface area contributed by atoms with Crippen LogP contribution in [-0.4, -0.2) is 37.0 Å². The first-order valence-electron chi connectivity index (χ1n) is 9.05. The molecule has 0 aromatic heterocycles. The zero-order chi connectivity index (χ0) is 21.1. The number of esters is 2. The number of ether oxygens (including phenoxy) is 2. The van der Waals surface area contributed by atoms with Crippen LogP contribution in [0.25, 0.3) is 0 Å². The molecule has 0 saturated carbocycles. The quantitative estimate of drug-likeness (QED) is 0.629. The van der Waals surface area contributed by atoms with Gasteiger partial charge in [-0.25, -0.2) is 4.79 Å². The second-order valence-electron chi connectivity index (χ2n) is 5.92. The van der Waals surface area contributed by atoms with Crippen LogP contribution >= 0.6 is 0 Å². The van der Waals surface area contributed by atoms with Gasteiger partial charge in [-0.2, -0.15) is 0 Å². The number of para-hydroxylation sites is 1. The Labute approximate surface area is 168 Å². The second kappa shape index (κ2) is 11.2. The molecule has 2 rings (SSSR count). The molecule has 2 aromatic rings. The highest BCUT2D eigenvalue weighted by Crippen LogP contribution is 2.11. The van der Waals surface area contributed by atoms with Crippen LogP contribution in [0, 0.1) is 0 Å². The van der Waals surface area contributed by atoms with Gasteiger partial charge < -0.3 is 20.1 Å². The molecule has 0 spiro atoms. The Morgan fingerprint density at radius 2 is 1.38 bits per heavy atom. The van der Waals surface area contributed by atoms with E-state index in [1.54, 1.807) is 43.3 Å². The van der Waals surface area contributed by atoms with Gasteiger partial charge in [-0.3, -0.25) is 14.4 Å². The molecule has 0 heterocycles. The Hall–Kier alpha value is -3.68. The maximum Gasteiger partial charge on any atom is 0.338 e. The molecule has 0 radical (unpaired) electrons. The molecule has 0 atom stereocenters. The van der Waals surface area contributed by atoms with Gasteiger partial charge in [0.1, 0.15) is 0 Å². The maximum absolute atomic E-state index is 11.9. The van der Waals surface area contributed by atoms with Gasteiger partial charge in [0, 0.05) is 17.8 Å². The first-order chi connectivity index (χ1) is 14.0. The van der Waals surface area contributed by atoms with Crippen molar-refractivity contribution in [1.29, 1.82) is 0 Å². The molecule has 0 bridgehead atoms. The highest BCUT2D eigenvalue weighted by Gasteiger charge is 2.11. The predicted molar refractivity (Wildman–Crippen MR) is 106 cm³/mol. The zero-order valence-corrected chi connectivity index (χ0v) is 16.0. The molecule has 2 amide bonds. The summed E-state index contributed by atoms with van der Waals surface area (Å²) >= 11 is 0. The number of amides is 2. The molecule has 8 nitrogen and oxygen atoms in total. The van der Waals surface area contributed by atoms with Gasteiger partial charge in [-0.15, -0.1) is 0 Å². The van der Waals surface area contributed by atoms with Crippen molar-refractivity contribution in [3.8, 4) is 0 Å². The second-order valence-corrected chi connectivity index (χ2v) is 5.92. The van der Waals surface area contributed by atoms with Gasteiger partial charge in [0.2, 0.25) is 5.91 Å². The Morgan fingerprint density at radius 3 is 2.03 bits per heavy atom. The van der Waals surface area contributed by atoms with Crippen LogP contribution in [0.3, 0.4) is 0 Å². The van der Waals surface area contributed by atoms with Gasteiger partial charge in [-0.1, -0.05) is 18.2 Å². The molecule has 2 aromatic carbocycles. The Balaban J connectivity index is 1.68. The van der Waals surface area contributed by atoms with Crippen LogP contribution < -0.4 is 10.6 Å². The largest absolute Gasteiger partial charge is 0.462 e. The van der Waals surface area contributed by atoms with Crippen molar-refractivity contribution < 1.29 is 28.7 Å². The molecular formula is C21H22N2O6. The van der Waals surface area contributed by atoms with Crippen LogP contribution in [0.15, 0.2) is 54.6 Å².